The van der Waals surface area contributed by atoms with Crippen molar-refractivity contribution < 1.29 is 13.2 Å². The molecular formula is C21H23ClN4O3S2. The fraction of sp³-hybridized carbons (Fsp3) is 0.286. The van der Waals surface area contributed by atoms with Gasteiger partial charge < -0.3 is 5.32 Å². The Balaban J connectivity index is 1.43. The Bertz CT molecular complexity index is 1130. The molecule has 0 atom stereocenters. The maximum atomic E-state index is 12.2. The lowest BCUT2D eigenvalue weighted by atomic mass is 10.2. The largest absolute Gasteiger partial charge is 0.355 e. The van der Waals surface area contributed by atoms with Crippen molar-refractivity contribution in [3.8, 4) is 5.69 Å². The molecule has 2 aromatic carbocycles. The Kier molecular flexibility index (Phi) is 8.11. The van der Waals surface area contributed by atoms with Crippen LogP contribution >= 0.6 is 23.4 Å². The molecule has 1 heterocycles. The van der Waals surface area contributed by atoms with E-state index in [1.807, 2.05) is 43.3 Å². The number of amides is 1. The second kappa shape index (κ2) is 10.8. The van der Waals surface area contributed by atoms with Gasteiger partial charge in [0.15, 0.2) is 15.0 Å². The highest BCUT2D eigenvalue weighted by atomic mass is 35.5. The van der Waals surface area contributed by atoms with E-state index in [0.29, 0.717) is 23.1 Å². The monoisotopic (exact) mass is 478 g/mol. The second-order valence-corrected chi connectivity index (χ2v) is 10.5. The van der Waals surface area contributed by atoms with Gasteiger partial charge in [0.2, 0.25) is 5.91 Å². The van der Waals surface area contributed by atoms with Crippen LogP contribution < -0.4 is 5.32 Å². The van der Waals surface area contributed by atoms with Crippen LogP contribution in [0.25, 0.3) is 5.69 Å². The van der Waals surface area contributed by atoms with Crippen LogP contribution in [0.1, 0.15) is 17.5 Å². The van der Waals surface area contributed by atoms with Crippen molar-refractivity contribution in [3.05, 3.63) is 71.0 Å². The maximum Gasteiger partial charge on any atom is 0.230 e. The van der Waals surface area contributed by atoms with Crippen LogP contribution in [0.4, 0.5) is 0 Å². The van der Waals surface area contributed by atoms with Crippen LogP contribution in [-0.4, -0.2) is 47.1 Å². The summed E-state index contributed by atoms with van der Waals surface area (Å²) in [5.74, 6) is -0.00891. The van der Waals surface area contributed by atoms with E-state index in [-0.39, 0.29) is 23.2 Å². The first kappa shape index (κ1) is 23.3. The Morgan fingerprint density at radius 2 is 1.97 bits per heavy atom. The number of hydrogen-bond acceptors (Lipinski definition) is 6. The van der Waals surface area contributed by atoms with Gasteiger partial charge in [0.1, 0.15) is 6.33 Å². The van der Waals surface area contributed by atoms with E-state index in [0.717, 1.165) is 16.8 Å². The van der Waals surface area contributed by atoms with Gasteiger partial charge in [-0.05, 0) is 36.6 Å². The number of aryl methyl sites for hydroxylation is 1. The quantitative estimate of drug-likeness (QED) is 0.354. The van der Waals surface area contributed by atoms with E-state index < -0.39 is 9.84 Å². The van der Waals surface area contributed by atoms with E-state index in [1.54, 1.807) is 23.0 Å². The number of nitrogens with zero attached hydrogens (tertiary/aromatic N) is 3. The van der Waals surface area contributed by atoms with Crippen molar-refractivity contribution >= 4 is 39.1 Å². The normalized spacial score (nSPS) is 11.4. The van der Waals surface area contributed by atoms with Crippen LogP contribution in [0.3, 0.4) is 0 Å². The lowest BCUT2D eigenvalue weighted by molar-refractivity contribution is -0.118. The highest BCUT2D eigenvalue weighted by molar-refractivity contribution is 7.99. The summed E-state index contributed by atoms with van der Waals surface area (Å²) in [5.41, 5.74) is 2.55. The number of aromatic nitrogens is 3. The Morgan fingerprint density at radius 1 is 1.19 bits per heavy atom. The zero-order chi connectivity index (χ0) is 22.3. The van der Waals surface area contributed by atoms with Gasteiger partial charge in [-0.1, -0.05) is 59.8 Å². The van der Waals surface area contributed by atoms with Crippen molar-refractivity contribution in [3.63, 3.8) is 0 Å². The van der Waals surface area contributed by atoms with Crippen LogP contribution in [0.2, 0.25) is 5.02 Å². The molecule has 0 aliphatic carbocycles. The standard InChI is InChI=1S/C21H23ClN4O3S2/c1-16-8-9-18(12-19(16)22)26-15-24-25-21(26)30-13-20(27)23-10-5-11-31(28,29)14-17-6-3-2-4-7-17/h2-4,6-9,12,15H,5,10-11,13-14H2,1H3,(H,23,27). The van der Waals surface area contributed by atoms with Crippen LogP contribution in [0, 0.1) is 6.92 Å². The molecule has 3 aromatic rings. The smallest absolute Gasteiger partial charge is 0.230 e. The van der Waals surface area contributed by atoms with Crippen LogP contribution in [0.15, 0.2) is 60.0 Å². The molecule has 31 heavy (non-hydrogen) atoms. The summed E-state index contributed by atoms with van der Waals surface area (Å²) in [6.07, 6.45) is 1.93. The van der Waals surface area contributed by atoms with Crippen molar-refractivity contribution in [2.75, 3.05) is 18.1 Å². The third-order valence-electron chi connectivity index (χ3n) is 4.47. The lowest BCUT2D eigenvalue weighted by Gasteiger charge is -2.08. The van der Waals surface area contributed by atoms with Gasteiger partial charge in [-0.2, -0.15) is 0 Å². The molecule has 1 amide bonds. The van der Waals surface area contributed by atoms with Crippen molar-refractivity contribution in [2.24, 2.45) is 0 Å². The highest BCUT2D eigenvalue weighted by Gasteiger charge is 2.13. The van der Waals surface area contributed by atoms with Crippen LogP contribution in [-0.2, 0) is 20.4 Å². The summed E-state index contributed by atoms with van der Waals surface area (Å²) in [5, 5.41) is 11.9. The predicted molar refractivity (Wildman–Crippen MR) is 123 cm³/mol. The number of carbonyl (C=O) groups excluding carboxylic acids is 1. The minimum Gasteiger partial charge on any atom is -0.355 e. The van der Waals surface area contributed by atoms with Gasteiger partial charge in [-0.15, -0.1) is 10.2 Å². The van der Waals surface area contributed by atoms with Gasteiger partial charge >= 0.3 is 0 Å². The fourth-order valence-corrected chi connectivity index (χ4v) is 5.20. The molecule has 0 aliphatic heterocycles. The molecule has 0 spiro atoms. The zero-order valence-corrected chi connectivity index (χ0v) is 19.4. The minimum atomic E-state index is -3.21. The number of thioether (sulfide) groups is 1. The summed E-state index contributed by atoms with van der Waals surface area (Å²) in [6.45, 7) is 2.22. The molecule has 0 unspecified atom stereocenters. The molecule has 164 valence electrons. The predicted octanol–water partition coefficient (Wildman–Crippen LogP) is 3.44. The summed E-state index contributed by atoms with van der Waals surface area (Å²) in [7, 11) is -3.21. The molecule has 1 aromatic heterocycles. The summed E-state index contributed by atoms with van der Waals surface area (Å²) >= 11 is 7.44. The molecule has 0 fully saturated rings. The molecule has 7 nitrogen and oxygen atoms in total. The first-order valence-corrected chi connectivity index (χ1v) is 12.8. The number of carbonyl (C=O) groups is 1. The number of benzene rings is 2. The average molecular weight is 479 g/mol. The number of nitrogens with one attached hydrogen (secondary N) is 1. The van der Waals surface area contributed by atoms with E-state index in [2.05, 4.69) is 15.5 Å². The van der Waals surface area contributed by atoms with Gasteiger partial charge in [0.25, 0.3) is 0 Å². The molecular weight excluding hydrogens is 456 g/mol. The average Bonchev–Trinajstić information content (AvgIpc) is 3.21. The second-order valence-electron chi connectivity index (χ2n) is 6.99. The van der Waals surface area contributed by atoms with Gasteiger partial charge in [0, 0.05) is 11.6 Å². The molecule has 1 N–H and O–H groups in total. The SMILES string of the molecule is Cc1ccc(-n2cnnc2SCC(=O)NCCCS(=O)(=O)Cc2ccccc2)cc1Cl. The van der Waals surface area contributed by atoms with Gasteiger partial charge in [-0.3, -0.25) is 9.36 Å². The number of hydrogen-bond donors (Lipinski definition) is 1. The zero-order valence-electron chi connectivity index (χ0n) is 17.0. The molecule has 10 heteroatoms. The first-order valence-electron chi connectivity index (χ1n) is 9.64. The topological polar surface area (TPSA) is 93.9 Å². The van der Waals surface area contributed by atoms with Crippen LogP contribution in [0.5, 0.6) is 0 Å². The number of sulfone groups is 1. The van der Waals surface area contributed by atoms with Crippen molar-refractivity contribution in [1.82, 2.24) is 20.1 Å². The van der Waals surface area contributed by atoms with E-state index in [1.165, 1.54) is 11.8 Å². The number of rotatable bonds is 10. The van der Waals surface area contributed by atoms with Gasteiger partial charge in [0.05, 0.1) is 22.9 Å². The summed E-state index contributed by atoms with van der Waals surface area (Å²) < 4.78 is 26.2. The minimum absolute atomic E-state index is 0.0102. The number of halogens is 1. The molecule has 0 saturated carbocycles. The lowest BCUT2D eigenvalue weighted by Crippen LogP contribution is -2.27. The summed E-state index contributed by atoms with van der Waals surface area (Å²) in [6, 6.07) is 14.7. The first-order chi connectivity index (χ1) is 14.8. The highest BCUT2D eigenvalue weighted by Crippen LogP contribution is 2.23. The third-order valence-corrected chi connectivity index (χ3v) is 7.50. The summed E-state index contributed by atoms with van der Waals surface area (Å²) in [4.78, 5) is 12.1. The van der Waals surface area contributed by atoms with Crippen molar-refractivity contribution in [2.45, 2.75) is 24.3 Å². The van der Waals surface area contributed by atoms with E-state index in [9.17, 15) is 13.2 Å². The Labute approximate surface area is 191 Å². The molecule has 0 aliphatic rings. The van der Waals surface area contributed by atoms with Gasteiger partial charge in [-0.25, -0.2) is 8.42 Å². The molecule has 3 rings (SSSR count). The van der Waals surface area contributed by atoms with E-state index in [4.69, 9.17) is 11.6 Å². The third kappa shape index (κ3) is 7.09. The molecule has 0 radical (unpaired) electrons. The molecule has 0 saturated heterocycles. The Hall–Kier alpha value is -2.36. The van der Waals surface area contributed by atoms with Crippen molar-refractivity contribution in [1.29, 1.82) is 0 Å². The molecule has 0 bridgehead atoms. The Morgan fingerprint density at radius 3 is 2.71 bits per heavy atom. The van der Waals surface area contributed by atoms with E-state index >= 15 is 0 Å². The maximum absolute atomic E-state index is 12.2. The fourth-order valence-electron chi connectivity index (χ4n) is 2.83.